The number of rotatable bonds is 4. The Balaban J connectivity index is 1.67. The van der Waals surface area contributed by atoms with Crippen LogP contribution in [0.1, 0.15) is 15.9 Å². The molecule has 22 heavy (non-hydrogen) atoms. The van der Waals surface area contributed by atoms with Gasteiger partial charge in [0.2, 0.25) is 6.79 Å². The molecule has 2 aromatic rings. The van der Waals surface area contributed by atoms with E-state index < -0.39 is 0 Å². The van der Waals surface area contributed by atoms with Gasteiger partial charge in [0.1, 0.15) is 0 Å². The van der Waals surface area contributed by atoms with Crippen LogP contribution in [0.25, 0.3) is 0 Å². The first kappa shape index (κ1) is 13.7. The third kappa shape index (κ3) is 2.91. The molecule has 108 valence electrons. The number of nitrogens with zero attached hydrogens (tertiary/aromatic N) is 1. The van der Waals surface area contributed by atoms with E-state index in [1.165, 1.54) is 6.08 Å². The van der Waals surface area contributed by atoms with Gasteiger partial charge in [-0.1, -0.05) is 6.07 Å². The summed E-state index contributed by atoms with van der Waals surface area (Å²) in [4.78, 5) is 12.1. The van der Waals surface area contributed by atoms with Gasteiger partial charge in [0.15, 0.2) is 17.3 Å². The quantitative estimate of drug-likeness (QED) is 0.692. The number of anilines is 1. The van der Waals surface area contributed by atoms with Gasteiger partial charge in [0.05, 0.1) is 11.6 Å². The van der Waals surface area contributed by atoms with Crippen LogP contribution in [0.4, 0.5) is 5.69 Å². The van der Waals surface area contributed by atoms with Crippen molar-refractivity contribution >= 4 is 11.5 Å². The zero-order valence-electron chi connectivity index (χ0n) is 11.6. The number of ether oxygens (including phenoxy) is 2. The largest absolute Gasteiger partial charge is 0.454 e. The summed E-state index contributed by atoms with van der Waals surface area (Å²) < 4.78 is 10.4. The average molecular weight is 292 g/mol. The standard InChI is InChI=1S/C17H12N2O3/c18-10-12-2-1-3-14(8-12)19-7-6-15(20)13-4-5-16-17(9-13)22-11-21-16/h1-9,19H,11H2/b7-6+. The molecule has 0 saturated carbocycles. The highest BCUT2D eigenvalue weighted by atomic mass is 16.7. The van der Waals surface area contributed by atoms with Crippen molar-refractivity contribution in [1.82, 2.24) is 0 Å². The topological polar surface area (TPSA) is 71.4 Å². The monoisotopic (exact) mass is 292 g/mol. The van der Waals surface area contributed by atoms with Crippen molar-refractivity contribution in [2.45, 2.75) is 0 Å². The number of fused-ring (bicyclic) bond motifs is 1. The maximum absolute atomic E-state index is 12.1. The van der Waals surface area contributed by atoms with Crippen molar-refractivity contribution in [2.75, 3.05) is 12.1 Å². The fourth-order valence-corrected chi connectivity index (χ4v) is 2.04. The maximum Gasteiger partial charge on any atom is 0.231 e. The van der Waals surface area contributed by atoms with Crippen molar-refractivity contribution in [3.05, 3.63) is 65.9 Å². The minimum absolute atomic E-state index is 0.151. The maximum atomic E-state index is 12.1. The SMILES string of the molecule is N#Cc1cccc(N/C=C/C(=O)c2ccc3c(c2)OCO3)c1. The van der Waals surface area contributed by atoms with Crippen molar-refractivity contribution in [3.8, 4) is 17.6 Å². The van der Waals surface area contributed by atoms with Crippen LogP contribution in [0.3, 0.4) is 0 Å². The van der Waals surface area contributed by atoms with E-state index in [0.29, 0.717) is 22.6 Å². The predicted molar refractivity (Wildman–Crippen MR) is 80.8 cm³/mol. The van der Waals surface area contributed by atoms with E-state index in [1.54, 1.807) is 42.6 Å². The molecule has 2 aromatic carbocycles. The van der Waals surface area contributed by atoms with Gasteiger partial charge in [-0.25, -0.2) is 0 Å². The molecule has 0 aliphatic carbocycles. The van der Waals surface area contributed by atoms with Crippen LogP contribution in [0, 0.1) is 11.3 Å². The number of carbonyl (C=O) groups is 1. The molecule has 5 nitrogen and oxygen atoms in total. The van der Waals surface area contributed by atoms with Gasteiger partial charge in [0.25, 0.3) is 0 Å². The fourth-order valence-electron chi connectivity index (χ4n) is 2.04. The Morgan fingerprint density at radius 1 is 1.18 bits per heavy atom. The lowest BCUT2D eigenvalue weighted by Gasteiger charge is -2.01. The second-order valence-electron chi connectivity index (χ2n) is 4.60. The van der Waals surface area contributed by atoms with Gasteiger partial charge in [-0.2, -0.15) is 5.26 Å². The molecule has 0 spiro atoms. The zero-order chi connectivity index (χ0) is 15.4. The van der Waals surface area contributed by atoms with Crippen LogP contribution in [0.5, 0.6) is 11.5 Å². The Labute approximate surface area is 127 Å². The molecule has 1 heterocycles. The highest BCUT2D eigenvalue weighted by molar-refractivity contribution is 6.05. The summed E-state index contributed by atoms with van der Waals surface area (Å²) in [7, 11) is 0. The Kier molecular flexibility index (Phi) is 3.75. The lowest BCUT2D eigenvalue weighted by Crippen LogP contribution is -1.96. The molecule has 5 heteroatoms. The molecule has 0 fully saturated rings. The van der Waals surface area contributed by atoms with Crippen LogP contribution in [-0.2, 0) is 0 Å². The van der Waals surface area contributed by atoms with Crippen molar-refractivity contribution in [1.29, 1.82) is 5.26 Å². The summed E-state index contributed by atoms with van der Waals surface area (Å²) >= 11 is 0. The van der Waals surface area contributed by atoms with Crippen LogP contribution in [0.2, 0.25) is 0 Å². The number of hydrogen-bond acceptors (Lipinski definition) is 5. The summed E-state index contributed by atoms with van der Waals surface area (Å²) in [5.41, 5.74) is 1.82. The number of carbonyl (C=O) groups excluding carboxylic acids is 1. The molecule has 1 N–H and O–H groups in total. The van der Waals surface area contributed by atoms with E-state index in [-0.39, 0.29) is 12.6 Å². The molecule has 0 aromatic heterocycles. The van der Waals surface area contributed by atoms with Gasteiger partial charge < -0.3 is 14.8 Å². The molecule has 0 bridgehead atoms. The first-order valence-electron chi connectivity index (χ1n) is 6.63. The summed E-state index contributed by atoms with van der Waals surface area (Å²) in [6, 6.07) is 14.1. The van der Waals surface area contributed by atoms with E-state index >= 15 is 0 Å². The first-order chi connectivity index (χ1) is 10.8. The molecular formula is C17H12N2O3. The van der Waals surface area contributed by atoms with E-state index in [2.05, 4.69) is 11.4 Å². The van der Waals surface area contributed by atoms with E-state index in [9.17, 15) is 4.79 Å². The number of benzene rings is 2. The molecular weight excluding hydrogens is 280 g/mol. The Bertz CT molecular complexity index is 791. The highest BCUT2D eigenvalue weighted by Gasteiger charge is 2.14. The van der Waals surface area contributed by atoms with Crippen LogP contribution in [-0.4, -0.2) is 12.6 Å². The summed E-state index contributed by atoms with van der Waals surface area (Å²) in [6.07, 6.45) is 2.97. The molecule has 0 saturated heterocycles. The predicted octanol–water partition coefficient (Wildman–Crippen LogP) is 3.10. The van der Waals surface area contributed by atoms with E-state index in [1.807, 2.05) is 6.07 Å². The highest BCUT2D eigenvalue weighted by Crippen LogP contribution is 2.32. The van der Waals surface area contributed by atoms with Gasteiger partial charge in [-0.05, 0) is 36.4 Å². The van der Waals surface area contributed by atoms with E-state index in [0.717, 1.165) is 5.69 Å². The van der Waals surface area contributed by atoms with Gasteiger partial charge in [0, 0.05) is 23.5 Å². The van der Waals surface area contributed by atoms with Gasteiger partial charge >= 0.3 is 0 Å². The number of nitrogens with one attached hydrogen (secondary N) is 1. The molecule has 1 aliphatic heterocycles. The van der Waals surface area contributed by atoms with Crippen LogP contribution in [0.15, 0.2) is 54.7 Å². The van der Waals surface area contributed by atoms with Gasteiger partial charge in [-0.3, -0.25) is 4.79 Å². The molecule has 0 amide bonds. The lowest BCUT2D eigenvalue weighted by molar-refractivity contribution is 0.104. The normalized spacial score (nSPS) is 12.1. The van der Waals surface area contributed by atoms with Crippen molar-refractivity contribution in [2.24, 2.45) is 0 Å². The summed E-state index contributed by atoms with van der Waals surface area (Å²) in [5, 5.41) is 11.8. The van der Waals surface area contributed by atoms with Crippen molar-refractivity contribution < 1.29 is 14.3 Å². The molecule has 3 rings (SSSR count). The van der Waals surface area contributed by atoms with E-state index in [4.69, 9.17) is 14.7 Å². The lowest BCUT2D eigenvalue weighted by atomic mass is 10.1. The van der Waals surface area contributed by atoms with Crippen molar-refractivity contribution in [3.63, 3.8) is 0 Å². The van der Waals surface area contributed by atoms with Crippen LogP contribution < -0.4 is 14.8 Å². The number of allylic oxidation sites excluding steroid dienone is 1. The first-order valence-corrected chi connectivity index (χ1v) is 6.63. The smallest absolute Gasteiger partial charge is 0.231 e. The third-order valence-corrected chi connectivity index (χ3v) is 3.13. The third-order valence-electron chi connectivity index (χ3n) is 3.13. The Hall–Kier alpha value is -3.26. The summed E-state index contributed by atoms with van der Waals surface area (Å²) in [6.45, 7) is 0.180. The molecule has 0 atom stereocenters. The second kappa shape index (κ2) is 6.02. The zero-order valence-corrected chi connectivity index (χ0v) is 11.6. The number of hydrogen-bond donors (Lipinski definition) is 1. The van der Waals surface area contributed by atoms with Crippen LogP contribution >= 0.6 is 0 Å². The second-order valence-corrected chi connectivity index (χ2v) is 4.60. The summed E-state index contributed by atoms with van der Waals surface area (Å²) in [5.74, 6) is 1.07. The Morgan fingerprint density at radius 2 is 2.05 bits per heavy atom. The minimum atomic E-state index is -0.151. The minimum Gasteiger partial charge on any atom is -0.454 e. The van der Waals surface area contributed by atoms with Gasteiger partial charge in [-0.15, -0.1) is 0 Å². The molecule has 0 radical (unpaired) electrons. The average Bonchev–Trinajstić information content (AvgIpc) is 3.02. The number of ketones is 1. The number of nitriles is 1. The fraction of sp³-hybridized carbons (Fsp3) is 0.0588. The Morgan fingerprint density at radius 3 is 2.91 bits per heavy atom. The molecule has 0 unspecified atom stereocenters. The molecule has 1 aliphatic rings.